The van der Waals surface area contributed by atoms with Crippen molar-refractivity contribution in [2.24, 2.45) is 0 Å². The Balaban J connectivity index is 2.92. The van der Waals surface area contributed by atoms with E-state index < -0.39 is 17.3 Å². The Morgan fingerprint density at radius 3 is 2.30 bits per heavy atom. The molecule has 7 heteroatoms. The van der Waals surface area contributed by atoms with E-state index in [4.69, 9.17) is 9.47 Å². The van der Waals surface area contributed by atoms with E-state index in [0.717, 1.165) is 0 Å². The molecule has 7 nitrogen and oxygen atoms in total. The van der Waals surface area contributed by atoms with Crippen molar-refractivity contribution in [1.82, 2.24) is 10.2 Å². The van der Waals surface area contributed by atoms with Crippen LogP contribution in [0.1, 0.15) is 40.3 Å². The van der Waals surface area contributed by atoms with Crippen LogP contribution in [0.2, 0.25) is 0 Å². The number of amides is 1. The van der Waals surface area contributed by atoms with Gasteiger partial charge in [0, 0.05) is 6.07 Å². The van der Waals surface area contributed by atoms with Crippen LogP contribution in [0.5, 0.6) is 5.75 Å². The molecule has 1 heterocycles. The van der Waals surface area contributed by atoms with Crippen molar-refractivity contribution >= 4 is 11.9 Å². The molecule has 0 aliphatic carbocycles. The van der Waals surface area contributed by atoms with Crippen LogP contribution in [0.25, 0.3) is 0 Å². The third-order valence-electron chi connectivity index (χ3n) is 2.19. The fraction of sp³-hybridized carbons (Fsp3) is 0.615. The zero-order chi connectivity index (χ0) is 15.6. The Hall–Kier alpha value is -1.89. The lowest BCUT2D eigenvalue weighted by atomic mass is 10.0. The average molecular weight is 283 g/mol. The third-order valence-corrected chi connectivity index (χ3v) is 2.19. The fourth-order valence-corrected chi connectivity index (χ4v) is 1.42. The van der Waals surface area contributed by atoms with E-state index >= 15 is 0 Å². The van der Waals surface area contributed by atoms with E-state index in [-0.39, 0.29) is 11.5 Å². The highest BCUT2D eigenvalue weighted by Gasteiger charge is 2.25. The van der Waals surface area contributed by atoms with Gasteiger partial charge in [-0.25, -0.2) is 4.79 Å². The van der Waals surface area contributed by atoms with Crippen molar-refractivity contribution in [3.05, 3.63) is 11.8 Å². The van der Waals surface area contributed by atoms with Gasteiger partial charge in [-0.15, -0.1) is 10.2 Å². The normalized spacial score (nSPS) is 11.9. The van der Waals surface area contributed by atoms with Crippen molar-refractivity contribution in [3.8, 4) is 5.75 Å². The number of hydrogen-bond acceptors (Lipinski definition) is 6. The Kier molecular flexibility index (Phi) is 4.54. The smallest absolute Gasteiger partial charge is 0.413 e. The molecule has 0 bridgehead atoms. The number of nitrogens with one attached hydrogen (secondary N) is 1. The summed E-state index contributed by atoms with van der Waals surface area (Å²) in [7, 11) is 1.45. The van der Waals surface area contributed by atoms with Crippen LogP contribution in [-0.4, -0.2) is 34.1 Å². The topological polar surface area (TPSA) is 93.6 Å². The van der Waals surface area contributed by atoms with Crippen molar-refractivity contribution in [2.45, 2.75) is 45.8 Å². The molecular weight excluding hydrogens is 262 g/mol. The molecule has 0 aromatic carbocycles. The second-order valence-electron chi connectivity index (χ2n) is 5.83. The van der Waals surface area contributed by atoms with E-state index in [9.17, 15) is 9.90 Å². The summed E-state index contributed by atoms with van der Waals surface area (Å²) < 4.78 is 10.2. The molecule has 112 valence electrons. The first kappa shape index (κ1) is 16.2. The zero-order valence-electron chi connectivity index (χ0n) is 12.6. The number of aromatic nitrogens is 2. The zero-order valence-corrected chi connectivity index (χ0v) is 12.6. The number of anilines is 1. The van der Waals surface area contributed by atoms with Gasteiger partial charge in [0.25, 0.3) is 0 Å². The molecule has 20 heavy (non-hydrogen) atoms. The number of carbonyl (C=O) groups excluding carboxylic acids is 1. The first-order chi connectivity index (χ1) is 9.03. The summed E-state index contributed by atoms with van der Waals surface area (Å²) in [5.74, 6) is 0.516. The fourth-order valence-electron chi connectivity index (χ4n) is 1.42. The van der Waals surface area contributed by atoms with Gasteiger partial charge in [0.1, 0.15) is 22.6 Å². The second-order valence-corrected chi connectivity index (χ2v) is 5.83. The largest absolute Gasteiger partial charge is 0.495 e. The van der Waals surface area contributed by atoms with Gasteiger partial charge in [0.15, 0.2) is 5.82 Å². The maximum absolute atomic E-state index is 11.6. The predicted molar refractivity (Wildman–Crippen MR) is 73.7 cm³/mol. The van der Waals surface area contributed by atoms with Crippen molar-refractivity contribution in [2.75, 3.05) is 12.4 Å². The molecule has 0 fully saturated rings. The van der Waals surface area contributed by atoms with Gasteiger partial charge in [-0.3, -0.25) is 5.32 Å². The summed E-state index contributed by atoms with van der Waals surface area (Å²) in [5, 5.41) is 20.1. The molecule has 0 aliphatic heterocycles. The van der Waals surface area contributed by atoms with Crippen molar-refractivity contribution < 1.29 is 19.4 Å². The molecule has 0 aliphatic rings. The molecule has 1 aromatic rings. The van der Waals surface area contributed by atoms with Crippen LogP contribution in [0, 0.1) is 0 Å². The standard InChI is InChI=1S/C13H21N3O4/c1-12(2,3)20-11(17)14-9-7-8(19-6)10(16-15-9)13(4,5)18/h7,18H,1-6H3,(H,14,15,17). The quantitative estimate of drug-likeness (QED) is 0.882. The van der Waals surface area contributed by atoms with Crippen molar-refractivity contribution in [1.29, 1.82) is 0 Å². The highest BCUT2D eigenvalue weighted by Crippen LogP contribution is 2.28. The van der Waals surface area contributed by atoms with E-state index in [1.165, 1.54) is 13.2 Å². The molecule has 1 aromatic heterocycles. The van der Waals surface area contributed by atoms with Crippen LogP contribution in [-0.2, 0) is 10.3 Å². The average Bonchev–Trinajstić information content (AvgIpc) is 2.24. The highest BCUT2D eigenvalue weighted by molar-refractivity contribution is 5.83. The van der Waals surface area contributed by atoms with E-state index in [1.807, 2.05) is 0 Å². The minimum Gasteiger partial charge on any atom is -0.495 e. The SMILES string of the molecule is COc1cc(NC(=O)OC(C)(C)C)nnc1C(C)(C)O. The van der Waals surface area contributed by atoms with Gasteiger partial charge in [-0.1, -0.05) is 0 Å². The second kappa shape index (κ2) is 5.62. The van der Waals surface area contributed by atoms with E-state index in [0.29, 0.717) is 5.75 Å². The van der Waals surface area contributed by atoms with E-state index in [2.05, 4.69) is 15.5 Å². The molecule has 0 unspecified atom stereocenters. The number of nitrogens with zero attached hydrogens (tertiary/aromatic N) is 2. The van der Waals surface area contributed by atoms with Crippen LogP contribution in [0.4, 0.5) is 10.6 Å². The highest BCUT2D eigenvalue weighted by atomic mass is 16.6. The molecular formula is C13H21N3O4. The molecule has 0 saturated carbocycles. The summed E-state index contributed by atoms with van der Waals surface area (Å²) in [6.45, 7) is 8.42. The minimum atomic E-state index is -1.19. The molecule has 0 spiro atoms. The van der Waals surface area contributed by atoms with Crippen LogP contribution >= 0.6 is 0 Å². The Morgan fingerprint density at radius 2 is 1.85 bits per heavy atom. The lowest BCUT2D eigenvalue weighted by Crippen LogP contribution is -2.28. The monoisotopic (exact) mass is 283 g/mol. The number of carbonyl (C=O) groups is 1. The number of aliphatic hydroxyl groups is 1. The number of hydrogen-bond donors (Lipinski definition) is 2. The summed E-state index contributed by atoms with van der Waals surface area (Å²) in [4.78, 5) is 11.6. The molecule has 1 amide bonds. The summed E-state index contributed by atoms with van der Waals surface area (Å²) in [6, 6.07) is 1.48. The molecule has 0 atom stereocenters. The minimum absolute atomic E-state index is 0.184. The number of rotatable bonds is 3. The maximum atomic E-state index is 11.6. The molecule has 1 rings (SSSR count). The number of ether oxygens (including phenoxy) is 2. The first-order valence-corrected chi connectivity index (χ1v) is 6.17. The van der Waals surface area contributed by atoms with Crippen LogP contribution in [0.15, 0.2) is 6.07 Å². The number of methoxy groups -OCH3 is 1. The van der Waals surface area contributed by atoms with Gasteiger partial charge >= 0.3 is 6.09 Å². The maximum Gasteiger partial charge on any atom is 0.413 e. The van der Waals surface area contributed by atoms with Crippen LogP contribution < -0.4 is 10.1 Å². The Labute approximate surface area is 118 Å². The molecule has 0 radical (unpaired) electrons. The Morgan fingerprint density at radius 1 is 1.25 bits per heavy atom. The van der Waals surface area contributed by atoms with Crippen molar-refractivity contribution in [3.63, 3.8) is 0 Å². The van der Waals surface area contributed by atoms with Gasteiger partial charge in [0.2, 0.25) is 0 Å². The van der Waals surface area contributed by atoms with E-state index in [1.54, 1.807) is 34.6 Å². The molecule has 0 saturated heterocycles. The molecule has 2 N–H and O–H groups in total. The van der Waals surface area contributed by atoms with Gasteiger partial charge < -0.3 is 14.6 Å². The van der Waals surface area contributed by atoms with Gasteiger partial charge in [-0.05, 0) is 34.6 Å². The summed E-state index contributed by atoms with van der Waals surface area (Å²) in [5.41, 5.74) is -1.51. The predicted octanol–water partition coefficient (Wildman–Crippen LogP) is 2.06. The van der Waals surface area contributed by atoms with Gasteiger partial charge in [0.05, 0.1) is 7.11 Å². The van der Waals surface area contributed by atoms with Gasteiger partial charge in [-0.2, -0.15) is 0 Å². The summed E-state index contributed by atoms with van der Waals surface area (Å²) in [6.07, 6.45) is -0.634. The third kappa shape index (κ3) is 4.65. The van der Waals surface area contributed by atoms with Crippen LogP contribution in [0.3, 0.4) is 0 Å². The lowest BCUT2D eigenvalue weighted by molar-refractivity contribution is 0.0635. The summed E-state index contributed by atoms with van der Waals surface area (Å²) >= 11 is 0. The first-order valence-electron chi connectivity index (χ1n) is 6.17. The lowest BCUT2D eigenvalue weighted by Gasteiger charge is -2.21. The Bertz CT molecular complexity index is 489.